The number of pyridine rings is 1. The van der Waals surface area contributed by atoms with Gasteiger partial charge in [0.2, 0.25) is 0 Å². The average Bonchev–Trinajstić information content (AvgIpc) is 2.45. The minimum Gasteiger partial charge on any atom is -0.488 e. The van der Waals surface area contributed by atoms with E-state index < -0.39 is 6.10 Å². The lowest BCUT2D eigenvalue weighted by atomic mass is 10.1. The number of aliphatic hydroxyl groups excluding tert-OH is 1. The van der Waals surface area contributed by atoms with Crippen molar-refractivity contribution in [2.75, 3.05) is 0 Å². The molecule has 19 heavy (non-hydrogen) atoms. The summed E-state index contributed by atoms with van der Waals surface area (Å²) in [6, 6.07) is 9.66. The number of aromatic nitrogens is 1. The Morgan fingerprint density at radius 3 is 2.79 bits per heavy atom. The number of aryl methyl sites for hydroxylation is 1. The van der Waals surface area contributed by atoms with Gasteiger partial charge in [0.25, 0.3) is 0 Å². The van der Waals surface area contributed by atoms with Gasteiger partial charge >= 0.3 is 0 Å². The van der Waals surface area contributed by atoms with Crippen LogP contribution < -0.4 is 4.74 Å². The number of nitrogens with zero attached hydrogens (tertiary/aromatic N) is 1. The zero-order valence-corrected chi connectivity index (χ0v) is 11.3. The Balaban J connectivity index is 2.11. The average molecular weight is 257 g/mol. The molecular formula is C16H19NO2. The second-order valence-corrected chi connectivity index (χ2v) is 4.62. The number of aliphatic hydroxyl groups is 1. The minimum atomic E-state index is -0.480. The molecule has 1 N–H and O–H groups in total. The highest BCUT2D eigenvalue weighted by molar-refractivity contribution is 5.35. The summed E-state index contributed by atoms with van der Waals surface area (Å²) in [7, 11) is 0. The maximum Gasteiger partial charge on any atom is 0.125 e. The van der Waals surface area contributed by atoms with Gasteiger partial charge in [-0.1, -0.05) is 25.1 Å². The Morgan fingerprint density at radius 2 is 2.05 bits per heavy atom. The van der Waals surface area contributed by atoms with E-state index in [1.807, 2.05) is 50.4 Å². The molecule has 2 rings (SSSR count). The number of rotatable bonds is 5. The van der Waals surface area contributed by atoms with Crippen molar-refractivity contribution in [1.29, 1.82) is 0 Å². The molecule has 0 aliphatic rings. The van der Waals surface area contributed by atoms with Crippen LogP contribution in [0.2, 0.25) is 0 Å². The predicted molar refractivity (Wildman–Crippen MR) is 75.0 cm³/mol. The molecule has 0 saturated heterocycles. The van der Waals surface area contributed by atoms with Gasteiger partial charge in [0, 0.05) is 23.5 Å². The lowest BCUT2D eigenvalue weighted by Gasteiger charge is -2.15. The maximum atomic E-state index is 9.96. The third kappa shape index (κ3) is 3.55. The third-order valence-corrected chi connectivity index (χ3v) is 2.99. The summed E-state index contributed by atoms with van der Waals surface area (Å²) >= 11 is 0. The molecule has 0 aliphatic heterocycles. The Kier molecular flexibility index (Phi) is 4.53. The van der Waals surface area contributed by atoms with E-state index in [2.05, 4.69) is 4.98 Å². The van der Waals surface area contributed by atoms with E-state index in [-0.39, 0.29) is 0 Å². The standard InChI is InChI=1S/C16H19NO2/c1-3-15(18)14-6-4-5-7-16(14)19-11-13-8-12(2)9-17-10-13/h4-10,15,18H,3,11H2,1-2H3/t15-/m1/s1. The Morgan fingerprint density at radius 1 is 1.26 bits per heavy atom. The molecule has 0 amide bonds. The summed E-state index contributed by atoms with van der Waals surface area (Å²) in [6.07, 6.45) is 3.81. The molecular weight excluding hydrogens is 238 g/mol. The monoisotopic (exact) mass is 257 g/mol. The van der Waals surface area contributed by atoms with Crippen molar-refractivity contribution >= 4 is 0 Å². The van der Waals surface area contributed by atoms with Gasteiger partial charge in [-0.05, 0) is 31.0 Å². The number of benzene rings is 1. The number of para-hydroxylation sites is 1. The smallest absolute Gasteiger partial charge is 0.125 e. The van der Waals surface area contributed by atoms with Crippen LogP contribution >= 0.6 is 0 Å². The molecule has 3 heteroatoms. The van der Waals surface area contributed by atoms with Crippen LogP contribution in [-0.2, 0) is 6.61 Å². The summed E-state index contributed by atoms with van der Waals surface area (Å²) in [5, 5.41) is 9.96. The number of hydrogen-bond acceptors (Lipinski definition) is 3. The Bertz CT molecular complexity index is 540. The van der Waals surface area contributed by atoms with Crippen LogP contribution in [0.1, 0.15) is 36.1 Å². The number of ether oxygens (including phenoxy) is 1. The highest BCUT2D eigenvalue weighted by Gasteiger charge is 2.11. The van der Waals surface area contributed by atoms with Gasteiger partial charge in [0.1, 0.15) is 12.4 Å². The van der Waals surface area contributed by atoms with E-state index in [1.165, 1.54) is 0 Å². The molecule has 0 saturated carbocycles. The van der Waals surface area contributed by atoms with Crippen molar-refractivity contribution in [3.05, 3.63) is 59.4 Å². The van der Waals surface area contributed by atoms with Crippen LogP contribution in [0.25, 0.3) is 0 Å². The maximum absolute atomic E-state index is 9.96. The topological polar surface area (TPSA) is 42.4 Å². The molecule has 1 aromatic heterocycles. The van der Waals surface area contributed by atoms with Gasteiger partial charge in [-0.2, -0.15) is 0 Å². The first-order valence-corrected chi connectivity index (χ1v) is 6.51. The van der Waals surface area contributed by atoms with Crippen LogP contribution in [0.3, 0.4) is 0 Å². The normalized spacial score (nSPS) is 12.2. The second-order valence-electron chi connectivity index (χ2n) is 4.62. The van der Waals surface area contributed by atoms with Crippen LogP contribution in [0.4, 0.5) is 0 Å². The minimum absolute atomic E-state index is 0.460. The molecule has 0 radical (unpaired) electrons. The largest absolute Gasteiger partial charge is 0.488 e. The van der Waals surface area contributed by atoms with E-state index in [4.69, 9.17) is 4.74 Å². The third-order valence-electron chi connectivity index (χ3n) is 2.99. The van der Waals surface area contributed by atoms with E-state index >= 15 is 0 Å². The number of hydrogen-bond donors (Lipinski definition) is 1. The van der Waals surface area contributed by atoms with E-state index in [0.29, 0.717) is 13.0 Å². The lowest BCUT2D eigenvalue weighted by Crippen LogP contribution is -2.02. The highest BCUT2D eigenvalue weighted by atomic mass is 16.5. The summed E-state index contributed by atoms with van der Waals surface area (Å²) in [4.78, 5) is 4.14. The van der Waals surface area contributed by atoms with Gasteiger partial charge in [-0.25, -0.2) is 0 Å². The van der Waals surface area contributed by atoms with Crippen molar-refractivity contribution in [3.8, 4) is 5.75 Å². The van der Waals surface area contributed by atoms with Crippen molar-refractivity contribution in [2.45, 2.75) is 33.0 Å². The SMILES string of the molecule is CC[C@@H](O)c1ccccc1OCc1cncc(C)c1. The fraction of sp³-hybridized carbons (Fsp3) is 0.312. The fourth-order valence-corrected chi connectivity index (χ4v) is 1.96. The Hall–Kier alpha value is -1.87. The second kappa shape index (κ2) is 6.34. The highest BCUT2D eigenvalue weighted by Crippen LogP contribution is 2.27. The summed E-state index contributed by atoms with van der Waals surface area (Å²) in [5.74, 6) is 0.735. The van der Waals surface area contributed by atoms with E-state index in [0.717, 1.165) is 22.4 Å². The molecule has 0 spiro atoms. The van der Waals surface area contributed by atoms with E-state index in [9.17, 15) is 5.11 Å². The van der Waals surface area contributed by atoms with Crippen molar-refractivity contribution < 1.29 is 9.84 Å². The van der Waals surface area contributed by atoms with Gasteiger partial charge in [0.15, 0.2) is 0 Å². The van der Waals surface area contributed by atoms with Gasteiger partial charge in [-0.15, -0.1) is 0 Å². The summed E-state index contributed by atoms with van der Waals surface area (Å²) < 4.78 is 5.80. The van der Waals surface area contributed by atoms with Crippen LogP contribution in [-0.4, -0.2) is 10.1 Å². The van der Waals surface area contributed by atoms with Crippen LogP contribution in [0.15, 0.2) is 42.7 Å². The molecule has 2 aromatic rings. The molecule has 0 bridgehead atoms. The molecule has 0 fully saturated rings. The van der Waals surface area contributed by atoms with Gasteiger partial charge in [-0.3, -0.25) is 4.98 Å². The van der Waals surface area contributed by atoms with Gasteiger partial charge < -0.3 is 9.84 Å². The lowest BCUT2D eigenvalue weighted by molar-refractivity contribution is 0.166. The van der Waals surface area contributed by atoms with Crippen LogP contribution in [0.5, 0.6) is 5.75 Å². The van der Waals surface area contributed by atoms with E-state index in [1.54, 1.807) is 6.20 Å². The van der Waals surface area contributed by atoms with Gasteiger partial charge in [0.05, 0.1) is 6.10 Å². The quantitative estimate of drug-likeness (QED) is 0.892. The summed E-state index contributed by atoms with van der Waals surface area (Å²) in [6.45, 7) is 4.42. The molecule has 1 heterocycles. The first-order chi connectivity index (χ1) is 9.20. The molecule has 0 aliphatic carbocycles. The van der Waals surface area contributed by atoms with Crippen molar-refractivity contribution in [1.82, 2.24) is 4.98 Å². The fourth-order valence-electron chi connectivity index (χ4n) is 1.96. The first kappa shape index (κ1) is 13.6. The predicted octanol–water partition coefficient (Wildman–Crippen LogP) is 3.41. The Labute approximate surface area is 113 Å². The molecule has 1 aromatic carbocycles. The van der Waals surface area contributed by atoms with Crippen LogP contribution in [0, 0.1) is 6.92 Å². The molecule has 100 valence electrons. The summed E-state index contributed by atoms with van der Waals surface area (Å²) in [5.41, 5.74) is 2.98. The molecule has 3 nitrogen and oxygen atoms in total. The zero-order chi connectivity index (χ0) is 13.7. The first-order valence-electron chi connectivity index (χ1n) is 6.51. The zero-order valence-electron chi connectivity index (χ0n) is 11.3. The van der Waals surface area contributed by atoms with Crippen molar-refractivity contribution in [2.24, 2.45) is 0 Å². The molecule has 0 unspecified atom stereocenters. The molecule has 1 atom stereocenters. The van der Waals surface area contributed by atoms with Crippen molar-refractivity contribution in [3.63, 3.8) is 0 Å².